The minimum atomic E-state index is -3.74. The van der Waals surface area contributed by atoms with Crippen molar-refractivity contribution in [2.75, 3.05) is 39.8 Å². The number of sulfonamides is 1. The number of methoxy groups -OCH3 is 1. The molecule has 1 aromatic heterocycles. The first-order valence-electron chi connectivity index (χ1n) is 13.1. The van der Waals surface area contributed by atoms with Crippen molar-refractivity contribution in [1.82, 2.24) is 13.8 Å². The predicted molar refractivity (Wildman–Crippen MR) is 163 cm³/mol. The molecule has 0 amide bonds. The summed E-state index contributed by atoms with van der Waals surface area (Å²) in [5.41, 5.74) is 9.09. The molecule has 2 N–H and O–H groups in total. The maximum Gasteiger partial charge on any atom is 0.243 e. The number of rotatable bonds is 9. The normalized spacial score (nSPS) is 15.1. The quantitative estimate of drug-likeness (QED) is 0.243. The Morgan fingerprint density at radius 3 is 2.27 bits per heavy atom. The Morgan fingerprint density at radius 2 is 1.60 bits per heavy atom. The standard InChI is InChI=1S/C29H31Cl3N4O3S/c1-39-28-8-3-7-26(32)29(28)22-19-35(12-4-11-33)27-10-9-20(17-21(22)27)40(37,38)36-15-13-34(14-16-36)18-23-24(30)5-2-6-25(23)31/h2-3,5-10,17,19H,4,11-16,18,33H2,1H3. The zero-order valence-electron chi connectivity index (χ0n) is 22.1. The van der Waals surface area contributed by atoms with Crippen LogP contribution in [0.1, 0.15) is 12.0 Å². The molecule has 1 fully saturated rings. The number of nitrogens with zero attached hydrogens (tertiary/aromatic N) is 3. The lowest BCUT2D eigenvalue weighted by atomic mass is 10.0. The van der Waals surface area contributed by atoms with Gasteiger partial charge in [-0.3, -0.25) is 4.90 Å². The van der Waals surface area contributed by atoms with Crippen LogP contribution in [0, 0.1) is 0 Å². The predicted octanol–water partition coefficient (Wildman–Crippen LogP) is 6.13. The number of hydrogen-bond acceptors (Lipinski definition) is 5. The first-order chi connectivity index (χ1) is 19.2. The highest BCUT2D eigenvalue weighted by Crippen LogP contribution is 2.42. The Morgan fingerprint density at radius 1 is 0.925 bits per heavy atom. The summed E-state index contributed by atoms with van der Waals surface area (Å²) in [5.74, 6) is 0.619. The molecule has 212 valence electrons. The van der Waals surface area contributed by atoms with Gasteiger partial charge in [-0.2, -0.15) is 4.31 Å². The van der Waals surface area contributed by atoms with Crippen LogP contribution in [0.4, 0.5) is 0 Å². The number of hydrogen-bond donors (Lipinski definition) is 1. The third kappa shape index (κ3) is 5.72. The second kappa shape index (κ2) is 12.3. The van der Waals surface area contributed by atoms with Crippen molar-refractivity contribution >= 4 is 55.7 Å². The molecule has 0 spiro atoms. The van der Waals surface area contributed by atoms with Crippen molar-refractivity contribution in [3.63, 3.8) is 0 Å². The number of aryl methyl sites for hydroxylation is 1. The van der Waals surface area contributed by atoms with Gasteiger partial charge in [-0.25, -0.2) is 8.42 Å². The van der Waals surface area contributed by atoms with E-state index < -0.39 is 10.0 Å². The van der Waals surface area contributed by atoms with Gasteiger partial charge >= 0.3 is 0 Å². The van der Waals surface area contributed by atoms with Crippen LogP contribution in [0.3, 0.4) is 0 Å². The third-order valence-corrected chi connectivity index (χ3v) is 10.3. The summed E-state index contributed by atoms with van der Waals surface area (Å²) in [6.45, 7) is 3.68. The fraction of sp³-hybridized carbons (Fsp3) is 0.310. The van der Waals surface area contributed by atoms with Crippen molar-refractivity contribution in [3.05, 3.63) is 81.4 Å². The van der Waals surface area contributed by atoms with Crippen molar-refractivity contribution in [2.24, 2.45) is 5.73 Å². The zero-order valence-corrected chi connectivity index (χ0v) is 25.2. The Labute approximate surface area is 250 Å². The topological polar surface area (TPSA) is 80.8 Å². The van der Waals surface area contributed by atoms with Gasteiger partial charge in [-0.15, -0.1) is 0 Å². The molecule has 40 heavy (non-hydrogen) atoms. The largest absolute Gasteiger partial charge is 0.496 e. The lowest BCUT2D eigenvalue weighted by Crippen LogP contribution is -2.48. The van der Waals surface area contributed by atoms with Gasteiger partial charge in [-0.05, 0) is 55.4 Å². The molecule has 1 aliphatic rings. The van der Waals surface area contributed by atoms with Crippen LogP contribution in [-0.4, -0.2) is 62.0 Å². The van der Waals surface area contributed by atoms with Crippen LogP contribution >= 0.6 is 34.8 Å². The van der Waals surface area contributed by atoms with E-state index in [0.717, 1.165) is 34.0 Å². The highest BCUT2D eigenvalue weighted by atomic mass is 35.5. The Kier molecular flexibility index (Phi) is 8.97. The van der Waals surface area contributed by atoms with Crippen LogP contribution in [0.15, 0.2) is 65.7 Å². The molecule has 0 aliphatic carbocycles. The molecule has 4 aromatic rings. The lowest BCUT2D eigenvalue weighted by Gasteiger charge is -2.34. The summed E-state index contributed by atoms with van der Waals surface area (Å²) in [7, 11) is -2.14. The van der Waals surface area contributed by atoms with Crippen LogP contribution in [0.5, 0.6) is 5.75 Å². The van der Waals surface area contributed by atoms with Crippen LogP contribution < -0.4 is 10.5 Å². The molecule has 7 nitrogen and oxygen atoms in total. The van der Waals surface area contributed by atoms with E-state index in [1.165, 1.54) is 0 Å². The molecule has 2 heterocycles. The molecule has 0 bridgehead atoms. The third-order valence-electron chi connectivity index (χ3n) is 7.33. The van der Waals surface area contributed by atoms with E-state index in [0.29, 0.717) is 66.6 Å². The first kappa shape index (κ1) is 29.2. The molecular weight excluding hydrogens is 591 g/mol. The fourth-order valence-electron chi connectivity index (χ4n) is 5.20. The maximum atomic E-state index is 13.8. The molecular formula is C29H31Cl3N4O3S. The highest BCUT2D eigenvalue weighted by molar-refractivity contribution is 7.89. The number of benzene rings is 3. The fourth-order valence-corrected chi connectivity index (χ4v) is 7.44. The highest BCUT2D eigenvalue weighted by Gasteiger charge is 2.30. The minimum Gasteiger partial charge on any atom is -0.496 e. The van der Waals surface area contributed by atoms with E-state index in [1.807, 2.05) is 42.6 Å². The van der Waals surface area contributed by atoms with Gasteiger partial charge in [0.15, 0.2) is 0 Å². The van der Waals surface area contributed by atoms with E-state index >= 15 is 0 Å². The Balaban J connectivity index is 1.45. The number of aromatic nitrogens is 1. The van der Waals surface area contributed by atoms with E-state index in [2.05, 4.69) is 9.47 Å². The van der Waals surface area contributed by atoms with Crippen molar-refractivity contribution in [1.29, 1.82) is 0 Å². The Bertz CT molecular complexity index is 1610. The van der Waals surface area contributed by atoms with Crippen molar-refractivity contribution < 1.29 is 13.2 Å². The molecule has 11 heteroatoms. The monoisotopic (exact) mass is 620 g/mol. The van der Waals surface area contributed by atoms with Crippen LogP contribution in [0.25, 0.3) is 22.0 Å². The first-order valence-corrected chi connectivity index (χ1v) is 15.6. The maximum absolute atomic E-state index is 13.8. The van der Waals surface area contributed by atoms with Gasteiger partial charge in [0.2, 0.25) is 10.0 Å². The molecule has 1 aliphatic heterocycles. The molecule has 0 radical (unpaired) electrons. The lowest BCUT2D eigenvalue weighted by molar-refractivity contribution is 0.181. The molecule has 5 rings (SSSR count). The average Bonchev–Trinajstić information content (AvgIpc) is 3.31. The number of nitrogens with two attached hydrogens (primary N) is 1. The number of piperazine rings is 1. The van der Waals surface area contributed by atoms with Crippen molar-refractivity contribution in [3.8, 4) is 16.9 Å². The number of ether oxygens (including phenoxy) is 1. The SMILES string of the molecule is COc1cccc(Cl)c1-c1cn(CCCN)c2ccc(S(=O)(=O)N3CCN(Cc4c(Cl)cccc4Cl)CC3)cc12. The van der Waals surface area contributed by atoms with Gasteiger partial charge in [-0.1, -0.05) is 46.9 Å². The van der Waals surface area contributed by atoms with E-state index in [4.69, 9.17) is 45.3 Å². The van der Waals surface area contributed by atoms with Crippen LogP contribution in [0.2, 0.25) is 15.1 Å². The number of fused-ring (bicyclic) bond motifs is 1. The zero-order chi connectivity index (χ0) is 28.4. The van der Waals surface area contributed by atoms with Gasteiger partial charge in [0.05, 0.1) is 17.0 Å². The summed E-state index contributed by atoms with van der Waals surface area (Å²) in [4.78, 5) is 2.41. The van der Waals surface area contributed by atoms with Gasteiger partial charge in [0, 0.05) is 83.1 Å². The molecule has 0 unspecified atom stereocenters. The minimum absolute atomic E-state index is 0.242. The average molecular weight is 622 g/mol. The molecule has 0 saturated carbocycles. The Hall–Kier alpha value is -2.30. The van der Waals surface area contributed by atoms with E-state index in [-0.39, 0.29) is 4.90 Å². The summed E-state index contributed by atoms with van der Waals surface area (Å²) < 4.78 is 36.9. The second-order valence-corrected chi connectivity index (χ2v) is 12.9. The van der Waals surface area contributed by atoms with E-state index in [9.17, 15) is 8.42 Å². The van der Waals surface area contributed by atoms with Crippen LogP contribution in [-0.2, 0) is 23.1 Å². The van der Waals surface area contributed by atoms with Crippen molar-refractivity contribution in [2.45, 2.75) is 24.4 Å². The summed E-state index contributed by atoms with van der Waals surface area (Å²) in [6, 6.07) is 16.2. The summed E-state index contributed by atoms with van der Waals surface area (Å²) >= 11 is 19.3. The van der Waals surface area contributed by atoms with Gasteiger partial charge in [0.25, 0.3) is 0 Å². The number of halogens is 3. The van der Waals surface area contributed by atoms with Gasteiger partial charge < -0.3 is 15.0 Å². The molecule has 0 atom stereocenters. The summed E-state index contributed by atoms with van der Waals surface area (Å²) in [5, 5.41) is 2.54. The molecule has 1 saturated heterocycles. The van der Waals surface area contributed by atoms with E-state index in [1.54, 1.807) is 29.6 Å². The summed E-state index contributed by atoms with van der Waals surface area (Å²) in [6.07, 6.45) is 2.78. The second-order valence-electron chi connectivity index (χ2n) is 9.75. The van der Waals surface area contributed by atoms with Gasteiger partial charge in [0.1, 0.15) is 5.75 Å². The smallest absolute Gasteiger partial charge is 0.243 e. The molecule has 3 aromatic carbocycles.